The lowest BCUT2D eigenvalue weighted by Gasteiger charge is -2.06. The second kappa shape index (κ2) is 9.17. The van der Waals surface area contributed by atoms with Crippen LogP contribution >= 0.6 is 11.6 Å². The molecule has 2 aromatic heterocycles. The highest BCUT2D eigenvalue weighted by atomic mass is 35.5. The molecule has 10 heteroatoms. The largest absolute Gasteiger partial charge is 0.486 e. The summed E-state index contributed by atoms with van der Waals surface area (Å²) in [5.74, 6) is 2.79. The Labute approximate surface area is 193 Å². The first-order valence-electron chi connectivity index (χ1n) is 9.96. The Morgan fingerprint density at radius 2 is 1.94 bits per heavy atom. The Hall–Kier alpha value is -4.11. The Bertz CT molecular complexity index is 1280. The van der Waals surface area contributed by atoms with E-state index >= 15 is 0 Å². The topological polar surface area (TPSA) is 97.0 Å². The average molecular weight is 468 g/mol. The van der Waals surface area contributed by atoms with Gasteiger partial charge in [-0.15, -0.1) is 0 Å². The molecule has 9 nitrogen and oxygen atoms in total. The number of hydrogen-bond donors (Lipinski definition) is 1. The van der Waals surface area contributed by atoms with Crippen LogP contribution in [0.25, 0.3) is 0 Å². The summed E-state index contributed by atoms with van der Waals surface area (Å²) in [6.07, 6.45) is 3.17. The van der Waals surface area contributed by atoms with Crippen molar-refractivity contribution in [2.24, 2.45) is 0 Å². The van der Waals surface area contributed by atoms with E-state index in [1.54, 1.807) is 65.5 Å². The van der Waals surface area contributed by atoms with Crippen molar-refractivity contribution in [3.63, 3.8) is 0 Å². The summed E-state index contributed by atoms with van der Waals surface area (Å²) < 4.78 is 29.1. The summed E-state index contributed by atoms with van der Waals surface area (Å²) in [6, 6.07) is 15.6. The maximum absolute atomic E-state index is 12.5. The van der Waals surface area contributed by atoms with Crippen LogP contribution in [-0.2, 0) is 13.3 Å². The summed E-state index contributed by atoms with van der Waals surface area (Å²) in [6.45, 7) is 0.521. The molecule has 0 unspecified atom stereocenters. The van der Waals surface area contributed by atoms with Gasteiger partial charge >= 0.3 is 0 Å². The van der Waals surface area contributed by atoms with Crippen LogP contribution in [0, 0.1) is 0 Å². The van der Waals surface area contributed by atoms with Crippen molar-refractivity contribution < 1.29 is 28.2 Å². The van der Waals surface area contributed by atoms with E-state index in [4.69, 9.17) is 35.0 Å². The molecule has 0 saturated carbocycles. The molecule has 3 heterocycles. The van der Waals surface area contributed by atoms with Crippen LogP contribution in [0.4, 0.5) is 5.69 Å². The molecule has 4 aromatic rings. The van der Waals surface area contributed by atoms with Gasteiger partial charge in [0, 0.05) is 11.1 Å². The Morgan fingerprint density at radius 1 is 1.06 bits per heavy atom. The summed E-state index contributed by atoms with van der Waals surface area (Å²) in [4.78, 5) is 12.5. The Morgan fingerprint density at radius 3 is 2.85 bits per heavy atom. The highest BCUT2D eigenvalue weighted by molar-refractivity contribution is 6.30. The van der Waals surface area contributed by atoms with E-state index < -0.39 is 5.91 Å². The number of carbonyl (C=O) groups is 1. The number of nitrogens with one attached hydrogen (secondary N) is 1. The fraction of sp³-hybridized carbons (Fsp3) is 0.130. The number of ether oxygens (including phenoxy) is 4. The molecule has 2 aromatic carbocycles. The minimum atomic E-state index is -0.403. The predicted octanol–water partition coefficient (Wildman–Crippen LogP) is 4.73. The van der Waals surface area contributed by atoms with E-state index in [2.05, 4.69) is 10.4 Å². The maximum atomic E-state index is 12.5. The van der Waals surface area contributed by atoms with Gasteiger partial charge in [0.2, 0.25) is 6.79 Å². The molecule has 0 saturated heterocycles. The third kappa shape index (κ3) is 5.04. The van der Waals surface area contributed by atoms with Gasteiger partial charge < -0.3 is 28.7 Å². The van der Waals surface area contributed by atoms with Crippen LogP contribution in [0.1, 0.15) is 16.3 Å². The van der Waals surface area contributed by atoms with Crippen LogP contribution in [-0.4, -0.2) is 22.5 Å². The van der Waals surface area contributed by atoms with Crippen LogP contribution < -0.4 is 24.3 Å². The first-order chi connectivity index (χ1) is 16.1. The highest BCUT2D eigenvalue weighted by Gasteiger charge is 2.15. The van der Waals surface area contributed by atoms with Crippen LogP contribution in [0.2, 0.25) is 5.02 Å². The van der Waals surface area contributed by atoms with Crippen molar-refractivity contribution in [3.8, 4) is 23.0 Å². The first kappa shape index (κ1) is 20.8. The van der Waals surface area contributed by atoms with Crippen molar-refractivity contribution in [3.05, 3.63) is 83.5 Å². The second-order valence-electron chi connectivity index (χ2n) is 7.02. The van der Waals surface area contributed by atoms with Gasteiger partial charge in [-0.3, -0.25) is 4.79 Å². The zero-order chi connectivity index (χ0) is 22.6. The number of aromatic nitrogens is 2. The van der Waals surface area contributed by atoms with Crippen LogP contribution in [0.3, 0.4) is 0 Å². The molecule has 0 aliphatic carbocycles. The van der Waals surface area contributed by atoms with Crippen molar-refractivity contribution in [2.75, 3.05) is 12.1 Å². The monoisotopic (exact) mass is 467 g/mol. The standard InChI is InChI=1S/C23H18ClN3O6/c24-15-2-1-3-17(8-15)30-13-27-11-16(10-25-27)26-23(28)21-7-5-19(33-21)12-29-18-4-6-20-22(9-18)32-14-31-20/h1-11H,12-14H2,(H,26,28). The number of nitrogens with zero attached hydrogens (tertiary/aromatic N) is 2. The zero-order valence-corrected chi connectivity index (χ0v) is 17.9. The fourth-order valence-electron chi connectivity index (χ4n) is 3.09. The van der Waals surface area contributed by atoms with E-state index in [1.807, 2.05) is 0 Å². The number of rotatable bonds is 8. The minimum Gasteiger partial charge on any atom is -0.486 e. The molecule has 1 amide bonds. The molecule has 168 valence electrons. The van der Waals surface area contributed by atoms with Crippen molar-refractivity contribution in [2.45, 2.75) is 13.3 Å². The normalized spacial score (nSPS) is 11.9. The number of halogens is 1. The van der Waals surface area contributed by atoms with Gasteiger partial charge in [-0.25, -0.2) is 4.68 Å². The molecule has 0 fully saturated rings. The third-order valence-electron chi connectivity index (χ3n) is 4.66. The van der Waals surface area contributed by atoms with Gasteiger partial charge in [0.1, 0.15) is 23.9 Å². The summed E-state index contributed by atoms with van der Waals surface area (Å²) >= 11 is 5.94. The van der Waals surface area contributed by atoms with Gasteiger partial charge in [0.25, 0.3) is 5.91 Å². The second-order valence-corrected chi connectivity index (χ2v) is 7.46. The zero-order valence-electron chi connectivity index (χ0n) is 17.2. The van der Waals surface area contributed by atoms with Crippen molar-refractivity contribution >= 4 is 23.2 Å². The van der Waals surface area contributed by atoms with Gasteiger partial charge in [-0.1, -0.05) is 17.7 Å². The van der Waals surface area contributed by atoms with E-state index in [0.29, 0.717) is 39.5 Å². The Kier molecular flexibility index (Phi) is 5.77. The molecule has 5 rings (SSSR count). The van der Waals surface area contributed by atoms with Gasteiger partial charge in [-0.05, 0) is 42.5 Å². The van der Waals surface area contributed by atoms with Gasteiger partial charge in [0.15, 0.2) is 24.0 Å². The molecule has 1 aliphatic rings. The molecular formula is C23H18ClN3O6. The highest BCUT2D eigenvalue weighted by Crippen LogP contribution is 2.35. The lowest BCUT2D eigenvalue weighted by atomic mass is 10.3. The van der Waals surface area contributed by atoms with Gasteiger partial charge in [0.05, 0.1) is 18.1 Å². The molecule has 0 atom stereocenters. The SMILES string of the molecule is O=C(Nc1cnn(COc2cccc(Cl)c2)c1)c1ccc(COc2ccc3c(c2)OCO3)o1. The number of hydrogen-bond acceptors (Lipinski definition) is 7. The van der Waals surface area contributed by atoms with Crippen LogP contribution in [0.15, 0.2) is 71.4 Å². The molecule has 33 heavy (non-hydrogen) atoms. The minimum absolute atomic E-state index is 0.155. The number of furan rings is 1. The maximum Gasteiger partial charge on any atom is 0.291 e. The first-order valence-corrected chi connectivity index (χ1v) is 10.3. The molecule has 1 aliphatic heterocycles. The molecule has 0 radical (unpaired) electrons. The lowest BCUT2D eigenvalue weighted by molar-refractivity contribution is 0.0992. The predicted molar refractivity (Wildman–Crippen MR) is 118 cm³/mol. The molecular weight excluding hydrogens is 450 g/mol. The summed E-state index contributed by atoms with van der Waals surface area (Å²) in [7, 11) is 0. The van der Waals surface area contributed by atoms with Crippen LogP contribution in [0.5, 0.6) is 23.0 Å². The van der Waals surface area contributed by atoms with Gasteiger partial charge in [-0.2, -0.15) is 5.10 Å². The molecule has 1 N–H and O–H groups in total. The van der Waals surface area contributed by atoms with E-state index in [9.17, 15) is 4.79 Å². The quantitative estimate of drug-likeness (QED) is 0.400. The number of carbonyl (C=O) groups excluding carboxylic acids is 1. The smallest absolute Gasteiger partial charge is 0.291 e. The average Bonchev–Trinajstić information content (AvgIpc) is 3.57. The Balaban J connectivity index is 1.13. The third-order valence-corrected chi connectivity index (χ3v) is 4.90. The summed E-state index contributed by atoms with van der Waals surface area (Å²) in [5, 5.41) is 7.49. The van der Waals surface area contributed by atoms with E-state index in [-0.39, 0.29) is 25.9 Å². The number of anilines is 1. The number of benzene rings is 2. The molecule has 0 bridgehead atoms. The molecule has 0 spiro atoms. The van der Waals surface area contributed by atoms with Crippen molar-refractivity contribution in [1.82, 2.24) is 9.78 Å². The summed E-state index contributed by atoms with van der Waals surface area (Å²) in [5.41, 5.74) is 0.504. The lowest BCUT2D eigenvalue weighted by Crippen LogP contribution is -2.10. The van der Waals surface area contributed by atoms with E-state index in [0.717, 1.165) is 0 Å². The number of fused-ring (bicyclic) bond motifs is 1. The van der Waals surface area contributed by atoms with E-state index in [1.165, 1.54) is 6.20 Å². The fourth-order valence-corrected chi connectivity index (χ4v) is 3.27. The van der Waals surface area contributed by atoms with Crippen molar-refractivity contribution in [1.29, 1.82) is 0 Å². The number of amides is 1.